The van der Waals surface area contributed by atoms with Crippen LogP contribution in [0.25, 0.3) is 0 Å². The Kier molecular flexibility index (Phi) is 6.96. The third kappa shape index (κ3) is 5.54. The molecule has 1 N–H and O–H groups in total. The Hall–Kier alpha value is -1.29. The summed E-state index contributed by atoms with van der Waals surface area (Å²) in [5, 5.41) is 3.51. The topological polar surface area (TPSA) is 45.2 Å². The number of rotatable bonds is 7. The molecule has 5 heteroatoms. The number of carbonyl (C=O) groups is 1. The van der Waals surface area contributed by atoms with Gasteiger partial charge < -0.3 is 10.2 Å². The third-order valence-corrected chi connectivity index (χ3v) is 3.17. The minimum atomic E-state index is -0.0952. The fourth-order valence-electron chi connectivity index (χ4n) is 2.14. The molecular weight excluding hydrogens is 286 g/mol. The SMILES string of the molecule is CCNc1ccc(Cl)c(C(=O)N(CC(C)C)CC(C)C)n1. The van der Waals surface area contributed by atoms with Gasteiger partial charge in [-0.2, -0.15) is 0 Å². The maximum atomic E-state index is 12.7. The van der Waals surface area contributed by atoms with Gasteiger partial charge in [0, 0.05) is 19.6 Å². The zero-order chi connectivity index (χ0) is 16.0. The summed E-state index contributed by atoms with van der Waals surface area (Å²) in [6, 6.07) is 3.51. The Morgan fingerprint density at radius 3 is 2.29 bits per heavy atom. The number of nitrogens with one attached hydrogen (secondary N) is 1. The van der Waals surface area contributed by atoms with Crippen molar-refractivity contribution in [1.82, 2.24) is 9.88 Å². The van der Waals surface area contributed by atoms with Crippen LogP contribution in [0, 0.1) is 11.8 Å². The van der Waals surface area contributed by atoms with Crippen molar-refractivity contribution < 1.29 is 4.79 Å². The van der Waals surface area contributed by atoms with E-state index in [1.54, 1.807) is 12.1 Å². The van der Waals surface area contributed by atoms with E-state index >= 15 is 0 Å². The highest BCUT2D eigenvalue weighted by molar-refractivity contribution is 6.33. The molecule has 4 nitrogen and oxygen atoms in total. The molecule has 0 bridgehead atoms. The van der Waals surface area contributed by atoms with Crippen LogP contribution in [0.5, 0.6) is 0 Å². The molecule has 0 radical (unpaired) electrons. The zero-order valence-corrected chi connectivity index (χ0v) is 14.4. The molecule has 0 aliphatic carbocycles. The van der Waals surface area contributed by atoms with Gasteiger partial charge in [0.1, 0.15) is 11.5 Å². The second-order valence-electron chi connectivity index (χ2n) is 6.06. The van der Waals surface area contributed by atoms with Crippen LogP contribution in [-0.2, 0) is 0 Å². The number of hydrogen-bond acceptors (Lipinski definition) is 3. The minimum Gasteiger partial charge on any atom is -0.370 e. The van der Waals surface area contributed by atoms with Gasteiger partial charge >= 0.3 is 0 Å². The van der Waals surface area contributed by atoms with Crippen molar-refractivity contribution in [2.75, 3.05) is 25.0 Å². The van der Waals surface area contributed by atoms with Crippen molar-refractivity contribution in [3.8, 4) is 0 Å². The van der Waals surface area contributed by atoms with Crippen LogP contribution in [0.2, 0.25) is 5.02 Å². The predicted molar refractivity (Wildman–Crippen MR) is 89.0 cm³/mol. The molecule has 0 saturated heterocycles. The lowest BCUT2D eigenvalue weighted by Gasteiger charge is -2.26. The summed E-state index contributed by atoms with van der Waals surface area (Å²) in [7, 11) is 0. The van der Waals surface area contributed by atoms with Gasteiger partial charge in [-0.05, 0) is 30.9 Å². The van der Waals surface area contributed by atoms with Crippen LogP contribution < -0.4 is 5.32 Å². The lowest BCUT2D eigenvalue weighted by Crippen LogP contribution is -2.37. The van der Waals surface area contributed by atoms with E-state index in [1.165, 1.54) is 0 Å². The number of nitrogens with zero attached hydrogens (tertiary/aromatic N) is 2. The average Bonchev–Trinajstić information content (AvgIpc) is 2.38. The molecule has 1 rings (SSSR count). The number of pyridine rings is 1. The van der Waals surface area contributed by atoms with Crippen LogP contribution >= 0.6 is 11.6 Å². The number of aromatic nitrogens is 1. The van der Waals surface area contributed by atoms with Gasteiger partial charge in [0.05, 0.1) is 5.02 Å². The molecule has 0 aliphatic rings. The van der Waals surface area contributed by atoms with Crippen molar-refractivity contribution in [2.45, 2.75) is 34.6 Å². The lowest BCUT2D eigenvalue weighted by molar-refractivity contribution is 0.0709. The first-order valence-electron chi connectivity index (χ1n) is 7.54. The van der Waals surface area contributed by atoms with E-state index in [0.29, 0.717) is 41.5 Å². The molecule has 118 valence electrons. The largest absolute Gasteiger partial charge is 0.370 e. The van der Waals surface area contributed by atoms with E-state index in [1.807, 2.05) is 11.8 Å². The number of halogens is 1. The van der Waals surface area contributed by atoms with E-state index in [9.17, 15) is 4.79 Å². The Balaban J connectivity index is 3.03. The highest BCUT2D eigenvalue weighted by atomic mass is 35.5. The standard InChI is InChI=1S/C16H26ClN3O/c1-6-18-14-8-7-13(17)15(19-14)16(21)20(9-11(2)3)10-12(4)5/h7-8,11-12H,6,9-10H2,1-5H3,(H,18,19). The Bertz CT molecular complexity index is 465. The molecule has 21 heavy (non-hydrogen) atoms. The third-order valence-electron chi connectivity index (χ3n) is 2.86. The van der Waals surface area contributed by atoms with Crippen molar-refractivity contribution >= 4 is 23.3 Å². The molecule has 1 amide bonds. The van der Waals surface area contributed by atoms with Crippen LogP contribution in [0.1, 0.15) is 45.1 Å². The highest BCUT2D eigenvalue weighted by Crippen LogP contribution is 2.19. The summed E-state index contributed by atoms with van der Waals surface area (Å²) in [5.74, 6) is 1.40. The van der Waals surface area contributed by atoms with Crippen LogP contribution in [0.4, 0.5) is 5.82 Å². The number of hydrogen-bond donors (Lipinski definition) is 1. The van der Waals surface area contributed by atoms with Crippen molar-refractivity contribution in [3.05, 3.63) is 22.8 Å². The molecule has 0 aromatic carbocycles. The molecular formula is C16H26ClN3O. The van der Waals surface area contributed by atoms with Crippen LogP contribution in [0.15, 0.2) is 12.1 Å². The summed E-state index contributed by atoms with van der Waals surface area (Å²) >= 11 is 6.17. The van der Waals surface area contributed by atoms with Gasteiger partial charge in [-0.25, -0.2) is 4.98 Å². The van der Waals surface area contributed by atoms with E-state index in [2.05, 4.69) is 38.0 Å². The Labute approximate surface area is 132 Å². The second kappa shape index (κ2) is 8.23. The molecule has 1 aromatic rings. The van der Waals surface area contributed by atoms with E-state index in [-0.39, 0.29) is 5.91 Å². The van der Waals surface area contributed by atoms with Crippen LogP contribution in [-0.4, -0.2) is 35.4 Å². The van der Waals surface area contributed by atoms with Crippen LogP contribution in [0.3, 0.4) is 0 Å². The number of amides is 1. The van der Waals surface area contributed by atoms with Gasteiger partial charge in [0.25, 0.3) is 5.91 Å². The van der Waals surface area contributed by atoms with Crippen molar-refractivity contribution in [3.63, 3.8) is 0 Å². The quantitative estimate of drug-likeness (QED) is 0.830. The molecule has 0 unspecified atom stereocenters. The predicted octanol–water partition coefficient (Wildman–Crippen LogP) is 3.92. The van der Waals surface area contributed by atoms with Gasteiger partial charge in [-0.15, -0.1) is 0 Å². The minimum absolute atomic E-state index is 0.0952. The van der Waals surface area contributed by atoms with E-state index in [4.69, 9.17) is 11.6 Å². The highest BCUT2D eigenvalue weighted by Gasteiger charge is 2.22. The Morgan fingerprint density at radius 1 is 1.24 bits per heavy atom. The Morgan fingerprint density at radius 2 is 1.81 bits per heavy atom. The molecule has 0 atom stereocenters. The normalized spacial score (nSPS) is 11.0. The summed E-state index contributed by atoms with van der Waals surface area (Å²) < 4.78 is 0. The molecule has 0 saturated carbocycles. The first-order valence-corrected chi connectivity index (χ1v) is 7.92. The van der Waals surface area contributed by atoms with E-state index in [0.717, 1.165) is 6.54 Å². The monoisotopic (exact) mass is 311 g/mol. The van der Waals surface area contributed by atoms with E-state index < -0.39 is 0 Å². The first-order chi connectivity index (χ1) is 9.85. The number of anilines is 1. The molecule has 1 heterocycles. The molecule has 0 spiro atoms. The summed E-state index contributed by atoms with van der Waals surface area (Å²) in [4.78, 5) is 19.0. The molecule has 0 aliphatic heterocycles. The van der Waals surface area contributed by atoms with Gasteiger partial charge in [0.2, 0.25) is 0 Å². The average molecular weight is 312 g/mol. The zero-order valence-electron chi connectivity index (χ0n) is 13.6. The summed E-state index contributed by atoms with van der Waals surface area (Å²) in [5.41, 5.74) is 0.330. The lowest BCUT2D eigenvalue weighted by atomic mass is 10.1. The van der Waals surface area contributed by atoms with Crippen molar-refractivity contribution in [1.29, 1.82) is 0 Å². The summed E-state index contributed by atoms with van der Waals surface area (Å²) in [6.07, 6.45) is 0. The first kappa shape index (κ1) is 17.8. The van der Waals surface area contributed by atoms with Gasteiger partial charge in [-0.3, -0.25) is 4.79 Å². The molecule has 0 fully saturated rings. The second-order valence-corrected chi connectivity index (χ2v) is 6.46. The van der Waals surface area contributed by atoms with Gasteiger partial charge in [0.15, 0.2) is 0 Å². The maximum Gasteiger partial charge on any atom is 0.274 e. The van der Waals surface area contributed by atoms with Gasteiger partial charge in [-0.1, -0.05) is 39.3 Å². The summed E-state index contributed by atoms with van der Waals surface area (Å²) in [6.45, 7) is 12.6. The van der Waals surface area contributed by atoms with Crippen molar-refractivity contribution in [2.24, 2.45) is 11.8 Å². The molecule has 1 aromatic heterocycles. The number of carbonyl (C=O) groups excluding carboxylic acids is 1. The fourth-order valence-corrected chi connectivity index (χ4v) is 2.33. The maximum absolute atomic E-state index is 12.7. The smallest absolute Gasteiger partial charge is 0.274 e. The fraction of sp³-hybridized carbons (Fsp3) is 0.625.